The molecule has 1 aliphatic rings. The van der Waals surface area contributed by atoms with Gasteiger partial charge < -0.3 is 5.32 Å². The molecule has 3 aromatic rings. The summed E-state index contributed by atoms with van der Waals surface area (Å²) < 4.78 is 44.0. The van der Waals surface area contributed by atoms with Crippen LogP contribution in [0.25, 0.3) is 5.69 Å². The van der Waals surface area contributed by atoms with Crippen LogP contribution in [-0.2, 0) is 27.8 Å². The van der Waals surface area contributed by atoms with Crippen molar-refractivity contribution in [2.24, 2.45) is 0 Å². The average molecular weight is 443 g/mol. The highest BCUT2D eigenvalue weighted by atomic mass is 32.2. The number of hydrogen-bond donors (Lipinski definition) is 1. The van der Waals surface area contributed by atoms with E-state index < -0.39 is 20.7 Å². The van der Waals surface area contributed by atoms with Gasteiger partial charge in [-0.2, -0.15) is 9.40 Å². The number of carbonyl (C=O) groups excluding carboxylic acids is 1. The van der Waals surface area contributed by atoms with Crippen molar-refractivity contribution in [2.75, 3.05) is 12.4 Å². The minimum absolute atomic E-state index is 0.0556. The number of fused-ring (bicyclic) bond motifs is 1. The molecular formula is C22H23FN4O3S. The Hall–Kier alpha value is -3.04. The Labute approximate surface area is 180 Å². The normalized spacial score (nSPS) is 13.9. The number of hydrogen-bond acceptors (Lipinski definition) is 4. The number of halogens is 1. The van der Waals surface area contributed by atoms with Crippen LogP contribution in [0.15, 0.2) is 47.4 Å². The van der Waals surface area contributed by atoms with Gasteiger partial charge in [0.1, 0.15) is 10.7 Å². The zero-order chi connectivity index (χ0) is 22.3. The van der Waals surface area contributed by atoms with E-state index in [9.17, 15) is 17.6 Å². The second kappa shape index (κ2) is 7.90. The van der Waals surface area contributed by atoms with Crippen molar-refractivity contribution in [1.29, 1.82) is 0 Å². The first kappa shape index (κ1) is 21.2. The number of anilines is 1. The molecule has 2 aromatic carbocycles. The molecule has 162 valence electrons. The third kappa shape index (κ3) is 3.86. The predicted molar refractivity (Wildman–Crippen MR) is 115 cm³/mol. The second-order valence-electron chi connectivity index (χ2n) is 7.65. The van der Waals surface area contributed by atoms with Crippen LogP contribution in [0.1, 0.15) is 28.9 Å². The standard InChI is InChI=1S/C22H23FN4O3S/c1-14-18(15(2)27(25-14)17-7-5-4-6-8-17)13-26(3)31(29,30)21-11-16-9-10-22(28)24-20(16)12-19(21)23/h4-8,11-12H,9-10,13H2,1-3H3,(H,24,28). The summed E-state index contributed by atoms with van der Waals surface area (Å²) in [6.45, 7) is 3.76. The number of rotatable bonds is 5. The molecule has 9 heteroatoms. The first-order valence-corrected chi connectivity index (χ1v) is 11.3. The van der Waals surface area contributed by atoms with E-state index in [1.807, 2.05) is 44.2 Å². The molecule has 1 aliphatic heterocycles. The van der Waals surface area contributed by atoms with Crippen LogP contribution in [0.3, 0.4) is 0 Å². The van der Waals surface area contributed by atoms with Crippen LogP contribution in [0.2, 0.25) is 0 Å². The average Bonchev–Trinajstić information content (AvgIpc) is 3.02. The smallest absolute Gasteiger partial charge is 0.246 e. The molecule has 0 bridgehead atoms. The van der Waals surface area contributed by atoms with E-state index >= 15 is 0 Å². The van der Waals surface area contributed by atoms with E-state index in [4.69, 9.17) is 0 Å². The summed E-state index contributed by atoms with van der Waals surface area (Å²) in [5, 5.41) is 7.13. The molecule has 0 saturated heterocycles. The van der Waals surface area contributed by atoms with Gasteiger partial charge in [-0.05, 0) is 50.1 Å². The Kier molecular flexibility index (Phi) is 5.40. The fraction of sp³-hybridized carbons (Fsp3) is 0.273. The first-order chi connectivity index (χ1) is 14.7. The molecule has 0 fully saturated rings. The number of aryl methyl sites for hydroxylation is 2. The van der Waals surface area contributed by atoms with Gasteiger partial charge in [0.2, 0.25) is 15.9 Å². The lowest BCUT2D eigenvalue weighted by atomic mass is 10.0. The fourth-order valence-electron chi connectivity index (χ4n) is 3.78. The minimum atomic E-state index is -4.10. The third-order valence-corrected chi connectivity index (χ3v) is 7.38. The van der Waals surface area contributed by atoms with Gasteiger partial charge >= 0.3 is 0 Å². The van der Waals surface area contributed by atoms with Gasteiger partial charge in [-0.25, -0.2) is 17.5 Å². The van der Waals surface area contributed by atoms with Gasteiger partial charge in [0.25, 0.3) is 0 Å². The summed E-state index contributed by atoms with van der Waals surface area (Å²) in [5.74, 6) is -1.10. The molecule has 0 spiro atoms. The number of nitrogens with one attached hydrogen (secondary N) is 1. The highest BCUT2D eigenvalue weighted by Crippen LogP contribution is 2.30. The van der Waals surface area contributed by atoms with Crippen molar-refractivity contribution in [3.05, 3.63) is 70.8 Å². The molecule has 31 heavy (non-hydrogen) atoms. The minimum Gasteiger partial charge on any atom is -0.326 e. The maximum Gasteiger partial charge on any atom is 0.246 e. The van der Waals surface area contributed by atoms with Gasteiger partial charge in [0, 0.05) is 37.0 Å². The number of amides is 1. The number of nitrogens with zero attached hydrogens (tertiary/aromatic N) is 3. The van der Waals surface area contributed by atoms with Crippen molar-refractivity contribution < 1.29 is 17.6 Å². The van der Waals surface area contributed by atoms with Gasteiger partial charge in [-0.3, -0.25) is 4.79 Å². The van der Waals surface area contributed by atoms with Crippen LogP contribution < -0.4 is 5.32 Å². The summed E-state index contributed by atoms with van der Waals surface area (Å²) in [5.41, 5.74) is 4.10. The Balaban J connectivity index is 1.66. The largest absolute Gasteiger partial charge is 0.326 e. The molecule has 0 aliphatic carbocycles. The van der Waals surface area contributed by atoms with Crippen LogP contribution in [-0.4, -0.2) is 35.5 Å². The quantitative estimate of drug-likeness (QED) is 0.657. The van der Waals surface area contributed by atoms with Gasteiger partial charge in [-0.15, -0.1) is 0 Å². The van der Waals surface area contributed by atoms with E-state index in [2.05, 4.69) is 10.4 Å². The summed E-state index contributed by atoms with van der Waals surface area (Å²) in [6.07, 6.45) is 0.612. The van der Waals surface area contributed by atoms with Gasteiger partial charge in [-0.1, -0.05) is 18.2 Å². The van der Waals surface area contributed by atoms with E-state index in [0.29, 0.717) is 23.4 Å². The molecule has 7 nitrogen and oxygen atoms in total. The summed E-state index contributed by atoms with van der Waals surface area (Å²) >= 11 is 0. The lowest BCUT2D eigenvalue weighted by Crippen LogP contribution is -2.28. The molecule has 0 atom stereocenters. The molecule has 4 rings (SSSR count). The number of benzene rings is 2. The third-order valence-electron chi connectivity index (χ3n) is 5.56. The Morgan fingerprint density at radius 3 is 2.58 bits per heavy atom. The number of sulfonamides is 1. The maximum atomic E-state index is 14.7. The zero-order valence-electron chi connectivity index (χ0n) is 17.5. The van der Waals surface area contributed by atoms with Crippen LogP contribution in [0.5, 0.6) is 0 Å². The lowest BCUT2D eigenvalue weighted by Gasteiger charge is -2.21. The highest BCUT2D eigenvalue weighted by molar-refractivity contribution is 7.89. The first-order valence-electron chi connectivity index (χ1n) is 9.87. The molecule has 1 aromatic heterocycles. The van der Waals surface area contributed by atoms with E-state index in [1.165, 1.54) is 13.1 Å². The molecular weight excluding hydrogens is 419 g/mol. The van der Waals surface area contributed by atoms with E-state index in [0.717, 1.165) is 27.3 Å². The Morgan fingerprint density at radius 1 is 1.16 bits per heavy atom. The fourth-order valence-corrected chi connectivity index (χ4v) is 5.01. The SMILES string of the molecule is Cc1nn(-c2ccccc2)c(C)c1CN(C)S(=O)(=O)c1cc2c(cc1F)NC(=O)CC2. The number of aromatic nitrogens is 2. The van der Waals surface area contributed by atoms with Crippen molar-refractivity contribution in [3.63, 3.8) is 0 Å². The summed E-state index contributed by atoms with van der Waals surface area (Å²) in [4.78, 5) is 11.1. The zero-order valence-corrected chi connectivity index (χ0v) is 18.3. The lowest BCUT2D eigenvalue weighted by molar-refractivity contribution is -0.116. The van der Waals surface area contributed by atoms with Crippen LogP contribution >= 0.6 is 0 Å². The molecule has 1 N–H and O–H groups in total. The number of carbonyl (C=O) groups is 1. The number of para-hydroxylation sites is 1. The molecule has 1 amide bonds. The highest BCUT2D eigenvalue weighted by Gasteiger charge is 2.29. The van der Waals surface area contributed by atoms with Crippen molar-refractivity contribution >= 4 is 21.6 Å². The second-order valence-corrected chi connectivity index (χ2v) is 9.66. The summed E-state index contributed by atoms with van der Waals surface area (Å²) in [6, 6.07) is 12.0. The van der Waals surface area contributed by atoms with E-state index in [1.54, 1.807) is 4.68 Å². The van der Waals surface area contributed by atoms with Gasteiger partial charge in [0.15, 0.2) is 0 Å². The molecule has 0 unspecified atom stereocenters. The van der Waals surface area contributed by atoms with Crippen LogP contribution in [0, 0.1) is 19.7 Å². The Bertz CT molecular complexity index is 1270. The van der Waals surface area contributed by atoms with Crippen molar-refractivity contribution in [3.8, 4) is 5.69 Å². The Morgan fingerprint density at radius 2 is 1.87 bits per heavy atom. The topological polar surface area (TPSA) is 84.3 Å². The molecule has 2 heterocycles. The van der Waals surface area contributed by atoms with Gasteiger partial charge in [0.05, 0.1) is 11.4 Å². The summed E-state index contributed by atoms with van der Waals surface area (Å²) in [7, 11) is -2.67. The predicted octanol–water partition coefficient (Wildman–Crippen LogP) is 3.33. The van der Waals surface area contributed by atoms with E-state index in [-0.39, 0.29) is 18.9 Å². The van der Waals surface area contributed by atoms with Crippen LogP contribution in [0.4, 0.5) is 10.1 Å². The monoisotopic (exact) mass is 442 g/mol. The van der Waals surface area contributed by atoms with Crippen molar-refractivity contribution in [1.82, 2.24) is 14.1 Å². The molecule has 0 radical (unpaired) electrons. The maximum absolute atomic E-state index is 14.7. The molecule has 0 saturated carbocycles. The van der Waals surface area contributed by atoms with Crippen molar-refractivity contribution in [2.45, 2.75) is 38.1 Å².